The normalized spacial score (nSPS) is 16.8. The molecule has 0 radical (unpaired) electrons. The van der Waals surface area contributed by atoms with Crippen molar-refractivity contribution < 1.29 is 14.3 Å². The zero-order valence-corrected chi connectivity index (χ0v) is 19.0. The molecule has 31 heavy (non-hydrogen) atoms. The van der Waals surface area contributed by atoms with Gasteiger partial charge >= 0.3 is 12.1 Å². The van der Waals surface area contributed by atoms with Crippen molar-refractivity contribution in [2.24, 2.45) is 21.5 Å². The fourth-order valence-electron chi connectivity index (χ4n) is 2.82. The van der Waals surface area contributed by atoms with Gasteiger partial charge in [0.15, 0.2) is 0 Å². The highest BCUT2D eigenvalue weighted by Crippen LogP contribution is 2.29. The summed E-state index contributed by atoms with van der Waals surface area (Å²) in [7, 11) is 0. The minimum absolute atomic E-state index is 0.206. The highest BCUT2D eigenvalue weighted by molar-refractivity contribution is 6.02. The number of anilines is 1. The number of carbonyl (C=O) groups excluding carboxylic acids is 2. The molecule has 1 atom stereocenters. The van der Waals surface area contributed by atoms with Crippen LogP contribution in [0.5, 0.6) is 0 Å². The lowest BCUT2D eigenvalue weighted by molar-refractivity contribution is 0.0292. The Kier molecular flexibility index (Phi) is 9.72. The maximum absolute atomic E-state index is 12.2. The van der Waals surface area contributed by atoms with Crippen molar-refractivity contribution in [2.75, 3.05) is 18.4 Å². The van der Waals surface area contributed by atoms with E-state index in [9.17, 15) is 9.59 Å². The number of nitrogens with zero attached hydrogens (tertiary/aromatic N) is 3. The van der Waals surface area contributed by atoms with Crippen molar-refractivity contribution in [2.45, 2.75) is 52.6 Å². The first-order valence-electron chi connectivity index (χ1n) is 10.1. The molecule has 3 amide bonds. The molecule has 1 aliphatic heterocycles. The molecule has 1 unspecified atom stereocenters. The molecule has 0 bridgehead atoms. The van der Waals surface area contributed by atoms with Crippen LogP contribution in [0.2, 0.25) is 0 Å². The molecule has 9 nitrogen and oxygen atoms in total. The van der Waals surface area contributed by atoms with Crippen LogP contribution >= 0.6 is 0 Å². The number of guanidine groups is 1. The molecule has 0 aliphatic carbocycles. The number of carbonyl (C=O) groups is 2. The summed E-state index contributed by atoms with van der Waals surface area (Å²) in [6.07, 6.45) is 2.33. The second-order valence-corrected chi connectivity index (χ2v) is 8.10. The van der Waals surface area contributed by atoms with Gasteiger partial charge in [-0.2, -0.15) is 4.99 Å². The summed E-state index contributed by atoms with van der Waals surface area (Å²) in [5.74, 6) is 0.241. The van der Waals surface area contributed by atoms with Gasteiger partial charge in [-0.15, -0.1) is 6.58 Å². The van der Waals surface area contributed by atoms with E-state index in [-0.39, 0.29) is 23.8 Å². The fourth-order valence-corrected chi connectivity index (χ4v) is 2.82. The second kappa shape index (κ2) is 11.7. The van der Waals surface area contributed by atoms with Crippen LogP contribution in [-0.4, -0.2) is 47.5 Å². The molecular formula is C22H34N6O3. The summed E-state index contributed by atoms with van der Waals surface area (Å²) >= 11 is 0. The Hall–Kier alpha value is -3.36. The smallest absolute Gasteiger partial charge is 0.410 e. The molecule has 1 aliphatic rings. The molecule has 9 heteroatoms. The van der Waals surface area contributed by atoms with Crippen LogP contribution in [0.15, 0.2) is 46.9 Å². The number of nitrogens with one attached hydrogen (secondary N) is 1. The summed E-state index contributed by atoms with van der Waals surface area (Å²) < 4.78 is 5.42. The van der Waals surface area contributed by atoms with E-state index in [4.69, 9.17) is 16.2 Å². The summed E-state index contributed by atoms with van der Waals surface area (Å²) in [6.45, 7) is 13.6. The Balaban J connectivity index is 0.00000151. The van der Waals surface area contributed by atoms with Crippen LogP contribution in [-0.2, 0) is 4.74 Å². The van der Waals surface area contributed by atoms with Gasteiger partial charge in [-0.3, -0.25) is 0 Å². The average Bonchev–Trinajstić information content (AvgIpc) is 3.11. The van der Waals surface area contributed by atoms with E-state index in [1.54, 1.807) is 30.0 Å². The predicted molar refractivity (Wildman–Crippen MR) is 125 cm³/mol. The quantitative estimate of drug-likeness (QED) is 0.372. The standard InChI is InChI=1S/C19H28N6O3.C3H6/c1-12(20)22-16(21)24-17(26)23-15-7-5-13(6-8-15)14-9-10-25(11-14)18(27)28-19(2,3)4;1-3-2/h5-8,14H,9-11H2,1-4H3,(H5,20,21,22,23,24,26);3H,1H2,2H3. The van der Waals surface area contributed by atoms with E-state index in [0.717, 1.165) is 12.0 Å². The zero-order valence-electron chi connectivity index (χ0n) is 19.0. The highest BCUT2D eigenvalue weighted by Gasteiger charge is 2.30. The van der Waals surface area contributed by atoms with Crippen LogP contribution in [0, 0.1) is 0 Å². The number of allylic oxidation sites excluding steroid dienone is 1. The van der Waals surface area contributed by atoms with E-state index in [1.807, 2.05) is 39.8 Å². The van der Waals surface area contributed by atoms with E-state index < -0.39 is 11.6 Å². The molecule has 1 saturated heterocycles. The molecule has 1 fully saturated rings. The van der Waals surface area contributed by atoms with Crippen molar-refractivity contribution in [3.05, 3.63) is 42.5 Å². The third kappa shape index (κ3) is 9.79. The number of ether oxygens (including phenoxy) is 1. The molecule has 2 rings (SSSR count). The maximum atomic E-state index is 12.2. The molecule has 1 heterocycles. The van der Waals surface area contributed by atoms with Gasteiger partial charge in [-0.25, -0.2) is 14.6 Å². The Morgan fingerprint density at radius 2 is 1.81 bits per heavy atom. The Morgan fingerprint density at radius 1 is 1.23 bits per heavy atom. The minimum atomic E-state index is -0.632. The highest BCUT2D eigenvalue weighted by atomic mass is 16.6. The van der Waals surface area contributed by atoms with Crippen molar-refractivity contribution in [3.63, 3.8) is 0 Å². The number of amides is 3. The van der Waals surface area contributed by atoms with E-state index in [0.29, 0.717) is 18.8 Å². The SMILES string of the molecule is C/C(N)=N/C(N)=N/C(=O)Nc1ccc(C2CCN(C(=O)OC(C)(C)C)C2)cc1.C=CC. The fraction of sp³-hybridized carbons (Fsp3) is 0.455. The maximum Gasteiger partial charge on any atom is 0.410 e. The number of urea groups is 1. The monoisotopic (exact) mass is 430 g/mol. The van der Waals surface area contributed by atoms with Gasteiger partial charge in [-0.1, -0.05) is 18.2 Å². The van der Waals surface area contributed by atoms with Crippen LogP contribution in [0.1, 0.15) is 52.5 Å². The van der Waals surface area contributed by atoms with E-state index in [1.165, 1.54) is 0 Å². The van der Waals surface area contributed by atoms with Crippen molar-refractivity contribution in [1.82, 2.24) is 4.90 Å². The lowest BCUT2D eigenvalue weighted by Crippen LogP contribution is -2.35. The number of aliphatic imine (C=N–C) groups is 2. The summed E-state index contributed by atoms with van der Waals surface area (Å²) in [6, 6.07) is 6.79. The third-order valence-electron chi connectivity index (χ3n) is 3.98. The number of benzene rings is 1. The predicted octanol–water partition coefficient (Wildman–Crippen LogP) is 3.83. The first-order valence-corrected chi connectivity index (χ1v) is 10.1. The van der Waals surface area contributed by atoms with Crippen molar-refractivity contribution in [1.29, 1.82) is 0 Å². The van der Waals surface area contributed by atoms with Crippen molar-refractivity contribution >= 4 is 29.6 Å². The number of hydrogen-bond acceptors (Lipinski definition) is 3. The van der Waals surface area contributed by atoms with E-state index in [2.05, 4.69) is 21.9 Å². The largest absolute Gasteiger partial charge is 0.444 e. The Morgan fingerprint density at radius 3 is 2.32 bits per heavy atom. The first-order chi connectivity index (χ1) is 14.4. The average molecular weight is 431 g/mol. The lowest BCUT2D eigenvalue weighted by Gasteiger charge is -2.24. The first kappa shape index (κ1) is 25.7. The van der Waals surface area contributed by atoms with Crippen LogP contribution in [0.4, 0.5) is 15.3 Å². The molecule has 5 N–H and O–H groups in total. The van der Waals surface area contributed by atoms with Gasteiger partial charge in [0.25, 0.3) is 0 Å². The molecule has 170 valence electrons. The number of likely N-dealkylation sites (tertiary alicyclic amines) is 1. The lowest BCUT2D eigenvalue weighted by atomic mass is 9.98. The molecule has 0 spiro atoms. The summed E-state index contributed by atoms with van der Waals surface area (Å²) in [5, 5.41) is 2.62. The number of hydrogen-bond donors (Lipinski definition) is 3. The Labute approximate surface area is 184 Å². The molecular weight excluding hydrogens is 396 g/mol. The number of amidine groups is 1. The third-order valence-corrected chi connectivity index (χ3v) is 3.98. The van der Waals surface area contributed by atoms with Gasteiger partial charge in [-0.05, 0) is 58.7 Å². The summed E-state index contributed by atoms with van der Waals surface area (Å²) in [4.78, 5) is 33.0. The van der Waals surface area contributed by atoms with Gasteiger partial charge in [0.05, 0.1) is 5.84 Å². The van der Waals surface area contributed by atoms with Gasteiger partial charge < -0.3 is 26.4 Å². The molecule has 0 saturated carbocycles. The Bertz CT molecular complexity index is 821. The molecule has 0 aromatic heterocycles. The molecule has 1 aromatic rings. The van der Waals surface area contributed by atoms with Gasteiger partial charge in [0.1, 0.15) is 5.60 Å². The van der Waals surface area contributed by atoms with Crippen LogP contribution in [0.25, 0.3) is 0 Å². The van der Waals surface area contributed by atoms with Crippen LogP contribution in [0.3, 0.4) is 0 Å². The summed E-state index contributed by atoms with van der Waals surface area (Å²) in [5.41, 5.74) is 12.0. The zero-order chi connectivity index (χ0) is 23.6. The van der Waals surface area contributed by atoms with Crippen molar-refractivity contribution in [3.8, 4) is 0 Å². The second-order valence-electron chi connectivity index (χ2n) is 8.10. The van der Waals surface area contributed by atoms with Gasteiger partial charge in [0.2, 0.25) is 5.96 Å². The van der Waals surface area contributed by atoms with Crippen LogP contribution < -0.4 is 16.8 Å². The topological polar surface area (TPSA) is 135 Å². The minimum Gasteiger partial charge on any atom is -0.444 e. The number of rotatable bonds is 2. The molecule has 1 aromatic carbocycles. The van der Waals surface area contributed by atoms with E-state index >= 15 is 0 Å². The van der Waals surface area contributed by atoms with Gasteiger partial charge in [0, 0.05) is 24.7 Å². The number of nitrogens with two attached hydrogens (primary N) is 2.